The highest BCUT2D eigenvalue weighted by molar-refractivity contribution is 5.95. The molecule has 0 unspecified atom stereocenters. The molecular formula is C40H66N2O5. The van der Waals surface area contributed by atoms with Gasteiger partial charge in [0.15, 0.2) is 5.78 Å². The lowest BCUT2D eigenvalue weighted by Crippen LogP contribution is -2.66. The molecule has 5 aliphatic rings. The molecule has 0 aromatic carbocycles. The van der Waals surface area contributed by atoms with Crippen LogP contribution in [0.4, 0.5) is 0 Å². The van der Waals surface area contributed by atoms with E-state index in [0.29, 0.717) is 5.78 Å². The highest BCUT2D eigenvalue weighted by Crippen LogP contribution is 2.75. The van der Waals surface area contributed by atoms with Gasteiger partial charge in [0.2, 0.25) is 0 Å². The van der Waals surface area contributed by atoms with E-state index in [1.54, 1.807) is 0 Å². The van der Waals surface area contributed by atoms with Gasteiger partial charge in [0, 0.05) is 11.3 Å². The smallest absolute Gasteiger partial charge is 0.320 e. The molecule has 266 valence electrons. The molecule has 7 nitrogen and oxygen atoms in total. The summed E-state index contributed by atoms with van der Waals surface area (Å²) in [6, 6.07) is 0. The van der Waals surface area contributed by atoms with E-state index in [9.17, 15) is 14.4 Å². The van der Waals surface area contributed by atoms with Crippen LogP contribution in [0.1, 0.15) is 138 Å². The molecular weight excluding hydrogens is 588 g/mol. The summed E-state index contributed by atoms with van der Waals surface area (Å²) in [5.74, 6) is 0.444. The molecule has 5 aliphatic carbocycles. The highest BCUT2D eigenvalue weighted by atomic mass is 16.5. The van der Waals surface area contributed by atoms with Gasteiger partial charge in [-0.1, -0.05) is 66.4 Å². The van der Waals surface area contributed by atoms with Crippen LogP contribution in [0, 0.1) is 50.2 Å². The Labute approximate surface area is 285 Å². The molecule has 0 aromatic rings. The molecule has 0 bridgehead atoms. The van der Waals surface area contributed by atoms with E-state index in [2.05, 4.69) is 59.9 Å². The third-order valence-corrected chi connectivity index (χ3v) is 15.3. The first kappa shape index (κ1) is 36.5. The molecule has 0 amide bonds. The number of ether oxygens (including phenoxy) is 2. The van der Waals surface area contributed by atoms with Gasteiger partial charge in [-0.15, -0.1) is 0 Å². The summed E-state index contributed by atoms with van der Waals surface area (Å²) < 4.78 is 11.5. The fourth-order valence-corrected chi connectivity index (χ4v) is 12.1. The van der Waals surface area contributed by atoms with Crippen molar-refractivity contribution in [2.75, 3.05) is 26.7 Å². The van der Waals surface area contributed by atoms with Crippen molar-refractivity contribution in [1.29, 1.82) is 0 Å². The molecule has 5 rings (SSSR count). The number of methoxy groups -OCH3 is 1. The largest absolute Gasteiger partial charge is 0.469 e. The average Bonchev–Trinajstić information content (AvgIpc) is 3.01. The minimum absolute atomic E-state index is 0.0649. The Morgan fingerprint density at radius 2 is 1.57 bits per heavy atom. The summed E-state index contributed by atoms with van der Waals surface area (Å²) >= 11 is 0. The molecule has 0 radical (unpaired) electrons. The number of hydrogen-bond donors (Lipinski definition) is 2. The van der Waals surface area contributed by atoms with E-state index < -0.39 is 5.41 Å². The molecule has 0 aliphatic heterocycles. The Bertz CT molecular complexity index is 1240. The molecule has 4 saturated carbocycles. The lowest BCUT2D eigenvalue weighted by atomic mass is 9.33. The number of allylic oxidation sites excluding steroid dienone is 2. The van der Waals surface area contributed by atoms with Crippen molar-refractivity contribution in [3.8, 4) is 0 Å². The average molecular weight is 655 g/mol. The molecule has 4 fully saturated rings. The van der Waals surface area contributed by atoms with Crippen molar-refractivity contribution in [2.24, 2.45) is 56.0 Å². The molecule has 3 N–H and O–H groups in total. The van der Waals surface area contributed by atoms with Crippen molar-refractivity contribution in [3.63, 3.8) is 0 Å². The van der Waals surface area contributed by atoms with Crippen LogP contribution < -0.4 is 11.1 Å². The van der Waals surface area contributed by atoms with Crippen LogP contribution in [-0.2, 0) is 23.9 Å². The molecule has 9 atom stereocenters. The fraction of sp³-hybridized carbons (Fsp3) is 0.875. The third-order valence-electron chi connectivity index (χ3n) is 15.3. The Morgan fingerprint density at radius 3 is 2.28 bits per heavy atom. The number of unbranched alkanes of at least 4 members (excludes halogenated alkanes) is 4. The van der Waals surface area contributed by atoms with E-state index in [-0.39, 0.29) is 69.4 Å². The quantitative estimate of drug-likeness (QED) is 0.175. The third kappa shape index (κ3) is 6.06. The number of nitrogens with one attached hydrogen (secondary N) is 1. The second kappa shape index (κ2) is 13.2. The predicted octanol–water partition coefficient (Wildman–Crippen LogP) is 7.55. The van der Waals surface area contributed by atoms with Crippen LogP contribution >= 0.6 is 0 Å². The summed E-state index contributed by atoms with van der Waals surface area (Å²) in [6.07, 6.45) is 16.1. The van der Waals surface area contributed by atoms with Crippen molar-refractivity contribution < 1.29 is 23.9 Å². The minimum Gasteiger partial charge on any atom is -0.469 e. The fourth-order valence-electron chi connectivity index (χ4n) is 12.1. The lowest BCUT2D eigenvalue weighted by Gasteiger charge is -2.70. The Balaban J connectivity index is 1.32. The first-order valence-electron chi connectivity index (χ1n) is 19.0. The maximum atomic E-state index is 14.7. The standard InChI is InChI=1S/C40H66N2O5/c1-35(2)30-14-17-40(7)33(38(30,5)16-15-31(35)47-32(44)26-42-23-13-11-9-10-12-22-41)29(43)24-27-28-25-37(4,34(45)46-8)19-18-36(28,3)20-21-39(27,40)6/h24,28,30-31,33,42H,9-23,25-26,41H2,1-8H3/t28-,30-,31-,33+,36+,37-,38-,39+,40+/m0/s1. The van der Waals surface area contributed by atoms with E-state index in [1.165, 1.54) is 25.5 Å². The van der Waals surface area contributed by atoms with Crippen LogP contribution in [0.25, 0.3) is 0 Å². The summed E-state index contributed by atoms with van der Waals surface area (Å²) in [7, 11) is 1.50. The zero-order valence-corrected chi connectivity index (χ0v) is 31.0. The van der Waals surface area contributed by atoms with E-state index in [1.807, 2.05) is 0 Å². The summed E-state index contributed by atoms with van der Waals surface area (Å²) in [4.78, 5) is 40.7. The zero-order chi connectivity index (χ0) is 34.5. The first-order chi connectivity index (χ1) is 22.0. The van der Waals surface area contributed by atoms with Crippen LogP contribution in [0.3, 0.4) is 0 Å². The van der Waals surface area contributed by atoms with Gasteiger partial charge < -0.3 is 20.5 Å². The molecule has 7 heteroatoms. The predicted molar refractivity (Wildman–Crippen MR) is 186 cm³/mol. The van der Waals surface area contributed by atoms with Crippen LogP contribution in [0.15, 0.2) is 11.6 Å². The molecule has 47 heavy (non-hydrogen) atoms. The topological polar surface area (TPSA) is 108 Å². The number of ketones is 1. The van der Waals surface area contributed by atoms with Crippen LogP contribution in [0.5, 0.6) is 0 Å². The first-order valence-corrected chi connectivity index (χ1v) is 19.0. The van der Waals surface area contributed by atoms with Crippen LogP contribution in [0.2, 0.25) is 0 Å². The number of fused-ring (bicyclic) bond motifs is 7. The molecule has 0 aromatic heterocycles. The number of carbonyl (C=O) groups is 3. The number of hydrogen-bond acceptors (Lipinski definition) is 7. The lowest BCUT2D eigenvalue weighted by molar-refractivity contribution is -0.210. The number of carbonyl (C=O) groups excluding carboxylic acids is 3. The maximum absolute atomic E-state index is 14.7. The van der Waals surface area contributed by atoms with Crippen molar-refractivity contribution >= 4 is 17.7 Å². The Morgan fingerprint density at radius 1 is 0.894 bits per heavy atom. The van der Waals surface area contributed by atoms with Gasteiger partial charge in [0.1, 0.15) is 6.10 Å². The van der Waals surface area contributed by atoms with Gasteiger partial charge in [0.25, 0.3) is 0 Å². The van der Waals surface area contributed by atoms with Gasteiger partial charge >= 0.3 is 11.9 Å². The number of rotatable bonds is 11. The van der Waals surface area contributed by atoms with Gasteiger partial charge in [0.05, 0.1) is 19.1 Å². The zero-order valence-electron chi connectivity index (χ0n) is 31.0. The van der Waals surface area contributed by atoms with Gasteiger partial charge in [-0.3, -0.25) is 14.4 Å². The van der Waals surface area contributed by atoms with Crippen molar-refractivity contribution in [3.05, 3.63) is 11.6 Å². The van der Waals surface area contributed by atoms with Gasteiger partial charge in [-0.2, -0.15) is 0 Å². The summed E-state index contributed by atoms with van der Waals surface area (Å²) in [5.41, 5.74) is 5.84. The van der Waals surface area contributed by atoms with E-state index in [4.69, 9.17) is 15.2 Å². The Kier molecular flexibility index (Phi) is 10.3. The van der Waals surface area contributed by atoms with Crippen molar-refractivity contribution in [2.45, 2.75) is 144 Å². The monoisotopic (exact) mass is 654 g/mol. The molecule has 0 saturated heterocycles. The summed E-state index contributed by atoms with van der Waals surface area (Å²) in [6.45, 7) is 18.1. The number of nitrogens with two attached hydrogens (primary N) is 1. The van der Waals surface area contributed by atoms with Gasteiger partial charge in [-0.05, 0) is 130 Å². The van der Waals surface area contributed by atoms with E-state index >= 15 is 0 Å². The number of esters is 2. The molecule has 0 spiro atoms. The van der Waals surface area contributed by atoms with E-state index in [0.717, 1.165) is 90.1 Å². The van der Waals surface area contributed by atoms with Gasteiger partial charge in [-0.25, -0.2) is 0 Å². The van der Waals surface area contributed by atoms with Crippen LogP contribution in [-0.4, -0.2) is 50.6 Å². The SMILES string of the molecule is COC(=O)[C@@]1(C)CC[C@]2(C)CC[C@]3(C)C(=CC(=O)[C@@H]4[C@@]5(C)CC[C@H](OC(=O)CNCCCCCCCN)C(C)(C)[C@@H]5CC[C@]43C)[C@@H]2C1. The minimum atomic E-state index is -0.512. The normalized spacial score (nSPS) is 42.2. The Hall–Kier alpha value is -1.73. The summed E-state index contributed by atoms with van der Waals surface area (Å²) in [5, 5.41) is 3.30. The second-order valence-electron chi connectivity index (χ2n) is 18.3. The maximum Gasteiger partial charge on any atom is 0.320 e. The molecule has 0 heterocycles. The second-order valence-corrected chi connectivity index (χ2v) is 18.3. The van der Waals surface area contributed by atoms with Crippen molar-refractivity contribution in [1.82, 2.24) is 5.32 Å². The highest BCUT2D eigenvalue weighted by Gasteiger charge is 2.70.